The third-order valence-corrected chi connectivity index (χ3v) is 5.57. The van der Waals surface area contributed by atoms with Gasteiger partial charge in [-0.15, -0.1) is 11.3 Å². The van der Waals surface area contributed by atoms with E-state index in [2.05, 4.69) is 42.9 Å². The second-order valence-corrected chi connectivity index (χ2v) is 8.12. The first-order chi connectivity index (χ1) is 11.3. The molecule has 0 bridgehead atoms. The average molecular weight is 387 g/mol. The zero-order chi connectivity index (χ0) is 15.6. The van der Waals surface area contributed by atoms with Crippen LogP contribution in [0.4, 0.5) is 0 Å². The van der Waals surface area contributed by atoms with Gasteiger partial charge in [-0.25, -0.2) is 9.97 Å². The fourth-order valence-electron chi connectivity index (χ4n) is 2.81. The molecular formula is C17H15BrN4S. The zero-order valence-electron chi connectivity index (χ0n) is 12.4. The number of halogens is 1. The van der Waals surface area contributed by atoms with Crippen LogP contribution < -0.4 is 0 Å². The summed E-state index contributed by atoms with van der Waals surface area (Å²) < 4.78 is 1.19. The summed E-state index contributed by atoms with van der Waals surface area (Å²) in [6.07, 6.45) is 6.51. The number of hydrogen-bond donors (Lipinski definition) is 0. The van der Waals surface area contributed by atoms with E-state index in [1.807, 2.05) is 18.3 Å². The van der Waals surface area contributed by atoms with Crippen molar-refractivity contribution < 1.29 is 0 Å². The minimum atomic E-state index is 0.793. The Morgan fingerprint density at radius 2 is 2.04 bits per heavy atom. The van der Waals surface area contributed by atoms with Crippen molar-refractivity contribution in [3.63, 3.8) is 0 Å². The smallest absolute Gasteiger partial charge is 0.159 e. The quantitative estimate of drug-likeness (QED) is 0.683. The Morgan fingerprint density at radius 3 is 2.83 bits per heavy atom. The number of thiophene rings is 1. The van der Waals surface area contributed by atoms with E-state index in [9.17, 15) is 0 Å². The van der Waals surface area contributed by atoms with Gasteiger partial charge in [-0.1, -0.05) is 0 Å². The summed E-state index contributed by atoms with van der Waals surface area (Å²) in [4.78, 5) is 17.2. The molecule has 0 aromatic carbocycles. The standard InChI is InChI=1S/C17H15BrN4S/c18-16-2-1-14(23-16)11-22-8-5-15-13(10-22)9-20-17(21-15)12-3-6-19-7-4-12/h1-4,6-7,9H,5,8,10-11H2. The first-order valence-electron chi connectivity index (χ1n) is 7.50. The molecule has 4 heterocycles. The maximum atomic E-state index is 4.76. The van der Waals surface area contributed by atoms with E-state index in [1.54, 1.807) is 23.7 Å². The molecule has 4 nitrogen and oxygen atoms in total. The number of hydrogen-bond acceptors (Lipinski definition) is 5. The van der Waals surface area contributed by atoms with Crippen molar-refractivity contribution in [2.45, 2.75) is 19.5 Å². The van der Waals surface area contributed by atoms with Crippen LogP contribution in [-0.4, -0.2) is 26.4 Å². The van der Waals surface area contributed by atoms with Crippen molar-refractivity contribution in [2.75, 3.05) is 6.54 Å². The summed E-state index contributed by atoms with van der Waals surface area (Å²) in [6, 6.07) is 8.20. The fourth-order valence-corrected chi connectivity index (χ4v) is 4.33. The molecule has 116 valence electrons. The minimum absolute atomic E-state index is 0.793. The van der Waals surface area contributed by atoms with Crippen molar-refractivity contribution in [1.82, 2.24) is 19.9 Å². The van der Waals surface area contributed by atoms with Crippen LogP contribution in [-0.2, 0) is 19.5 Å². The predicted molar refractivity (Wildman–Crippen MR) is 95.1 cm³/mol. The van der Waals surface area contributed by atoms with Gasteiger partial charge in [-0.05, 0) is 40.2 Å². The van der Waals surface area contributed by atoms with Gasteiger partial charge in [0.25, 0.3) is 0 Å². The molecule has 0 N–H and O–H groups in total. The van der Waals surface area contributed by atoms with Crippen LogP contribution in [0, 0.1) is 0 Å². The molecule has 6 heteroatoms. The van der Waals surface area contributed by atoms with Crippen LogP contribution in [0.2, 0.25) is 0 Å². The molecule has 0 spiro atoms. The van der Waals surface area contributed by atoms with E-state index in [4.69, 9.17) is 4.98 Å². The van der Waals surface area contributed by atoms with Gasteiger partial charge in [-0.2, -0.15) is 0 Å². The lowest BCUT2D eigenvalue weighted by Crippen LogP contribution is -2.30. The third-order valence-electron chi connectivity index (χ3n) is 3.96. The molecule has 1 aliphatic rings. The molecule has 0 radical (unpaired) electrons. The molecule has 0 saturated carbocycles. The fraction of sp³-hybridized carbons (Fsp3) is 0.235. The van der Waals surface area contributed by atoms with E-state index in [0.717, 1.165) is 37.4 Å². The molecular weight excluding hydrogens is 372 g/mol. The average Bonchev–Trinajstić information content (AvgIpc) is 3.00. The molecule has 3 aromatic rings. The Labute approximate surface area is 147 Å². The SMILES string of the molecule is Brc1ccc(CN2CCc3nc(-c4ccncc4)ncc3C2)s1. The molecule has 0 unspecified atom stereocenters. The van der Waals surface area contributed by atoms with Crippen molar-refractivity contribution in [1.29, 1.82) is 0 Å². The highest BCUT2D eigenvalue weighted by Gasteiger charge is 2.19. The van der Waals surface area contributed by atoms with Crippen LogP contribution in [0.25, 0.3) is 11.4 Å². The maximum Gasteiger partial charge on any atom is 0.159 e. The number of nitrogens with zero attached hydrogens (tertiary/aromatic N) is 4. The third kappa shape index (κ3) is 3.34. The summed E-state index contributed by atoms with van der Waals surface area (Å²) >= 11 is 5.33. The minimum Gasteiger partial charge on any atom is -0.293 e. The number of pyridine rings is 1. The van der Waals surface area contributed by atoms with Crippen molar-refractivity contribution >= 4 is 27.3 Å². The first-order valence-corrected chi connectivity index (χ1v) is 9.10. The second kappa shape index (κ2) is 6.47. The monoisotopic (exact) mass is 386 g/mol. The van der Waals surface area contributed by atoms with Gasteiger partial charge in [-0.3, -0.25) is 9.88 Å². The largest absolute Gasteiger partial charge is 0.293 e. The Morgan fingerprint density at radius 1 is 1.17 bits per heavy atom. The van der Waals surface area contributed by atoms with Gasteiger partial charge < -0.3 is 0 Å². The second-order valence-electron chi connectivity index (χ2n) is 5.57. The molecule has 3 aromatic heterocycles. The summed E-state index contributed by atoms with van der Waals surface area (Å²) in [7, 11) is 0. The van der Waals surface area contributed by atoms with Crippen LogP contribution in [0.5, 0.6) is 0 Å². The molecule has 4 rings (SSSR count). The van der Waals surface area contributed by atoms with Gasteiger partial charge in [0.15, 0.2) is 5.82 Å². The van der Waals surface area contributed by atoms with Crippen LogP contribution in [0.3, 0.4) is 0 Å². The van der Waals surface area contributed by atoms with Crippen molar-refractivity contribution in [3.8, 4) is 11.4 Å². The van der Waals surface area contributed by atoms with E-state index in [0.29, 0.717) is 0 Å². The van der Waals surface area contributed by atoms with Crippen LogP contribution in [0.15, 0.2) is 46.6 Å². The topological polar surface area (TPSA) is 41.9 Å². The van der Waals surface area contributed by atoms with Crippen LogP contribution in [0.1, 0.15) is 16.1 Å². The number of fused-ring (bicyclic) bond motifs is 1. The van der Waals surface area contributed by atoms with Crippen LogP contribution >= 0.6 is 27.3 Å². The summed E-state index contributed by atoms with van der Waals surface area (Å²) in [5, 5.41) is 0. The molecule has 1 aliphatic heterocycles. The molecule has 0 atom stereocenters. The zero-order valence-corrected chi connectivity index (χ0v) is 14.8. The number of aromatic nitrogens is 3. The highest BCUT2D eigenvalue weighted by molar-refractivity contribution is 9.11. The highest BCUT2D eigenvalue weighted by atomic mass is 79.9. The van der Waals surface area contributed by atoms with Gasteiger partial charge >= 0.3 is 0 Å². The maximum absolute atomic E-state index is 4.76. The molecule has 0 saturated heterocycles. The molecule has 0 aliphatic carbocycles. The van der Waals surface area contributed by atoms with E-state index < -0.39 is 0 Å². The first kappa shape index (κ1) is 14.9. The Kier molecular flexibility index (Phi) is 4.20. The summed E-state index contributed by atoms with van der Waals surface area (Å²) in [5.41, 5.74) is 3.44. The lowest BCUT2D eigenvalue weighted by molar-refractivity contribution is 0.245. The normalized spacial score (nSPS) is 14.7. The van der Waals surface area contributed by atoms with Gasteiger partial charge in [0, 0.05) is 60.6 Å². The summed E-state index contributed by atoms with van der Waals surface area (Å²) in [6.45, 7) is 2.94. The van der Waals surface area contributed by atoms with Crippen molar-refractivity contribution in [2.24, 2.45) is 0 Å². The summed E-state index contributed by atoms with van der Waals surface area (Å²) in [5.74, 6) is 0.793. The Balaban J connectivity index is 1.52. The van der Waals surface area contributed by atoms with E-state index in [-0.39, 0.29) is 0 Å². The van der Waals surface area contributed by atoms with Gasteiger partial charge in [0.1, 0.15) is 0 Å². The number of rotatable bonds is 3. The Bertz CT molecular complexity index is 818. The lowest BCUT2D eigenvalue weighted by Gasteiger charge is -2.27. The van der Waals surface area contributed by atoms with Crippen molar-refractivity contribution in [3.05, 3.63) is 62.8 Å². The molecule has 0 fully saturated rings. The highest BCUT2D eigenvalue weighted by Crippen LogP contribution is 2.26. The van der Waals surface area contributed by atoms with E-state index in [1.165, 1.54) is 19.9 Å². The lowest BCUT2D eigenvalue weighted by atomic mass is 10.1. The van der Waals surface area contributed by atoms with Gasteiger partial charge in [0.05, 0.1) is 9.48 Å². The predicted octanol–water partition coefficient (Wildman–Crippen LogP) is 3.92. The van der Waals surface area contributed by atoms with Gasteiger partial charge in [0.2, 0.25) is 0 Å². The Hall–Kier alpha value is -1.63. The van der Waals surface area contributed by atoms with E-state index >= 15 is 0 Å². The molecule has 0 amide bonds. The molecule has 23 heavy (non-hydrogen) atoms.